The minimum Gasteiger partial charge on any atom is -0.368 e. The van der Waals surface area contributed by atoms with Crippen molar-refractivity contribution in [2.24, 2.45) is 5.73 Å². The molecule has 0 spiro atoms. The zero-order valence-electron chi connectivity index (χ0n) is 8.26. The summed E-state index contributed by atoms with van der Waals surface area (Å²) in [5.74, 6) is -2.34. The molecule has 0 saturated carbocycles. The van der Waals surface area contributed by atoms with Crippen molar-refractivity contribution < 1.29 is 13.6 Å². The van der Waals surface area contributed by atoms with Gasteiger partial charge in [0.2, 0.25) is 5.91 Å². The van der Waals surface area contributed by atoms with Crippen LogP contribution in [0.2, 0.25) is 0 Å². The van der Waals surface area contributed by atoms with Gasteiger partial charge in [0.1, 0.15) is 0 Å². The molecule has 0 unspecified atom stereocenters. The van der Waals surface area contributed by atoms with E-state index in [1.165, 1.54) is 12.1 Å². The molecule has 0 heterocycles. The summed E-state index contributed by atoms with van der Waals surface area (Å²) in [6.45, 7) is 1.62. The molecule has 82 valence electrons. The summed E-state index contributed by atoms with van der Waals surface area (Å²) in [4.78, 5) is 10.7. The first-order valence-corrected chi connectivity index (χ1v) is 4.48. The number of carbonyl (C=O) groups is 1. The second-order valence-electron chi connectivity index (χ2n) is 3.22. The van der Waals surface area contributed by atoms with Gasteiger partial charge in [-0.3, -0.25) is 4.79 Å². The second-order valence-corrected chi connectivity index (χ2v) is 3.22. The number of amides is 1. The molecule has 1 aromatic carbocycles. The molecule has 0 fully saturated rings. The summed E-state index contributed by atoms with van der Waals surface area (Å²) in [5, 5.41) is 2.69. The number of hydrogen-bond donors (Lipinski definition) is 2. The van der Waals surface area contributed by atoms with E-state index in [2.05, 4.69) is 5.32 Å². The molecular weight excluding hydrogens is 202 g/mol. The van der Waals surface area contributed by atoms with E-state index in [1.807, 2.05) is 0 Å². The van der Waals surface area contributed by atoms with Gasteiger partial charge in [-0.25, -0.2) is 8.78 Å². The van der Waals surface area contributed by atoms with Crippen LogP contribution in [-0.4, -0.2) is 11.9 Å². The Kier molecular flexibility index (Phi) is 3.74. The maximum Gasteiger partial charge on any atom is 0.234 e. The van der Waals surface area contributed by atoms with Crippen LogP contribution in [0, 0.1) is 11.6 Å². The van der Waals surface area contributed by atoms with Gasteiger partial charge in [0.15, 0.2) is 11.6 Å². The highest BCUT2D eigenvalue weighted by molar-refractivity contribution is 5.79. The molecule has 3 N–H and O–H groups in total. The van der Waals surface area contributed by atoms with E-state index in [1.54, 1.807) is 6.92 Å². The monoisotopic (exact) mass is 214 g/mol. The lowest BCUT2D eigenvalue weighted by atomic mass is 10.2. The van der Waals surface area contributed by atoms with Gasteiger partial charge in [-0.15, -0.1) is 0 Å². The van der Waals surface area contributed by atoms with Gasteiger partial charge >= 0.3 is 0 Å². The predicted molar refractivity (Wildman–Crippen MR) is 51.9 cm³/mol. The van der Waals surface area contributed by atoms with Crippen molar-refractivity contribution in [3.63, 3.8) is 0 Å². The van der Waals surface area contributed by atoms with Crippen LogP contribution in [0.4, 0.5) is 8.78 Å². The Morgan fingerprint density at radius 1 is 1.53 bits per heavy atom. The minimum absolute atomic E-state index is 0.0632. The molecule has 5 heteroatoms. The van der Waals surface area contributed by atoms with Crippen LogP contribution in [0.1, 0.15) is 12.5 Å². The number of carbonyl (C=O) groups excluding carboxylic acids is 1. The first-order valence-electron chi connectivity index (χ1n) is 4.48. The fourth-order valence-corrected chi connectivity index (χ4v) is 1.05. The van der Waals surface area contributed by atoms with Gasteiger partial charge in [0.05, 0.1) is 6.04 Å². The van der Waals surface area contributed by atoms with Crippen LogP contribution >= 0.6 is 0 Å². The van der Waals surface area contributed by atoms with Crippen LogP contribution in [0.5, 0.6) is 0 Å². The lowest BCUT2D eigenvalue weighted by Gasteiger charge is -2.10. The van der Waals surface area contributed by atoms with E-state index in [0.29, 0.717) is 0 Å². The largest absolute Gasteiger partial charge is 0.368 e. The lowest BCUT2D eigenvalue weighted by molar-refractivity contribution is -0.119. The Morgan fingerprint density at radius 2 is 2.20 bits per heavy atom. The number of rotatable bonds is 4. The van der Waals surface area contributed by atoms with Crippen LogP contribution in [0.15, 0.2) is 18.2 Å². The van der Waals surface area contributed by atoms with Gasteiger partial charge in [0, 0.05) is 12.1 Å². The summed E-state index contributed by atoms with van der Waals surface area (Å²) in [7, 11) is 0. The molecule has 0 aliphatic carbocycles. The van der Waals surface area contributed by atoms with Crippen LogP contribution < -0.4 is 11.1 Å². The number of nitrogens with two attached hydrogens (primary N) is 1. The molecule has 0 saturated heterocycles. The van der Waals surface area contributed by atoms with Crippen LogP contribution in [0.25, 0.3) is 0 Å². The predicted octanol–water partition coefficient (Wildman–Crippen LogP) is 0.928. The summed E-state index contributed by atoms with van der Waals surface area (Å²) < 4.78 is 25.9. The Balaban J connectivity index is 2.66. The standard InChI is InChI=1S/C10H12F2N2O/c1-6(10(13)15)14-5-7-3-2-4-8(11)9(7)12/h2-4,6,14H,5H2,1H3,(H2,13,15)/t6-/m0/s1. The number of benzene rings is 1. The van der Waals surface area contributed by atoms with E-state index in [4.69, 9.17) is 5.73 Å². The van der Waals surface area contributed by atoms with E-state index >= 15 is 0 Å². The molecule has 0 aliphatic rings. The van der Waals surface area contributed by atoms with Gasteiger partial charge in [0.25, 0.3) is 0 Å². The average Bonchev–Trinajstić information content (AvgIpc) is 2.19. The van der Waals surface area contributed by atoms with Crippen molar-refractivity contribution in [1.29, 1.82) is 0 Å². The molecule has 0 aliphatic heterocycles. The SMILES string of the molecule is C[C@H](NCc1cccc(F)c1F)C(N)=O. The van der Waals surface area contributed by atoms with Crippen molar-refractivity contribution in [3.8, 4) is 0 Å². The van der Waals surface area contributed by atoms with Gasteiger partial charge < -0.3 is 11.1 Å². The summed E-state index contributed by atoms with van der Waals surface area (Å²) in [6.07, 6.45) is 0. The molecule has 1 rings (SSSR count). The molecule has 15 heavy (non-hydrogen) atoms. The second kappa shape index (κ2) is 4.84. The molecular formula is C10H12F2N2O. The topological polar surface area (TPSA) is 55.1 Å². The number of primary amides is 1. The van der Waals surface area contributed by atoms with E-state index < -0.39 is 23.6 Å². The highest BCUT2D eigenvalue weighted by atomic mass is 19.2. The zero-order valence-corrected chi connectivity index (χ0v) is 8.26. The molecule has 3 nitrogen and oxygen atoms in total. The quantitative estimate of drug-likeness (QED) is 0.783. The third-order valence-corrected chi connectivity index (χ3v) is 2.06. The third kappa shape index (κ3) is 2.99. The third-order valence-electron chi connectivity index (χ3n) is 2.06. The molecule has 0 aromatic heterocycles. The fraction of sp³-hybridized carbons (Fsp3) is 0.300. The smallest absolute Gasteiger partial charge is 0.234 e. The van der Waals surface area contributed by atoms with E-state index in [-0.39, 0.29) is 12.1 Å². The lowest BCUT2D eigenvalue weighted by Crippen LogP contribution is -2.38. The maximum atomic E-state index is 13.1. The Labute approximate surface area is 86.3 Å². The molecule has 1 aromatic rings. The van der Waals surface area contributed by atoms with Crippen LogP contribution in [-0.2, 0) is 11.3 Å². The Hall–Kier alpha value is -1.49. The average molecular weight is 214 g/mol. The van der Waals surface area contributed by atoms with Crippen molar-refractivity contribution in [1.82, 2.24) is 5.32 Å². The van der Waals surface area contributed by atoms with Crippen molar-refractivity contribution in [3.05, 3.63) is 35.4 Å². The first-order chi connectivity index (χ1) is 7.02. The Morgan fingerprint density at radius 3 is 2.80 bits per heavy atom. The zero-order chi connectivity index (χ0) is 11.4. The molecule has 0 radical (unpaired) electrons. The number of nitrogens with one attached hydrogen (secondary N) is 1. The normalized spacial score (nSPS) is 12.5. The fourth-order valence-electron chi connectivity index (χ4n) is 1.05. The highest BCUT2D eigenvalue weighted by Gasteiger charge is 2.11. The van der Waals surface area contributed by atoms with Crippen molar-refractivity contribution in [2.75, 3.05) is 0 Å². The van der Waals surface area contributed by atoms with Crippen LogP contribution in [0.3, 0.4) is 0 Å². The van der Waals surface area contributed by atoms with Crippen molar-refractivity contribution in [2.45, 2.75) is 19.5 Å². The number of halogens is 2. The number of hydrogen-bond acceptors (Lipinski definition) is 2. The summed E-state index contributed by atoms with van der Waals surface area (Å²) in [6, 6.07) is 3.31. The highest BCUT2D eigenvalue weighted by Crippen LogP contribution is 2.10. The minimum atomic E-state index is -0.902. The van der Waals surface area contributed by atoms with Crippen molar-refractivity contribution >= 4 is 5.91 Å². The van der Waals surface area contributed by atoms with E-state index in [0.717, 1.165) is 6.07 Å². The van der Waals surface area contributed by atoms with E-state index in [9.17, 15) is 13.6 Å². The van der Waals surface area contributed by atoms with Gasteiger partial charge in [-0.05, 0) is 13.0 Å². The van der Waals surface area contributed by atoms with Gasteiger partial charge in [-0.2, -0.15) is 0 Å². The first kappa shape index (κ1) is 11.6. The summed E-state index contributed by atoms with van der Waals surface area (Å²) >= 11 is 0. The summed E-state index contributed by atoms with van der Waals surface area (Å²) in [5.41, 5.74) is 5.17. The Bertz CT molecular complexity index is 368. The molecule has 1 atom stereocenters. The van der Waals surface area contributed by atoms with Gasteiger partial charge in [-0.1, -0.05) is 12.1 Å². The molecule has 1 amide bonds. The maximum absolute atomic E-state index is 13.1. The molecule has 0 bridgehead atoms.